The molecule has 1 aromatic heterocycles. The molecule has 7 heteroatoms. The van der Waals surface area contributed by atoms with Gasteiger partial charge in [0.1, 0.15) is 5.75 Å². The molecule has 1 amide bonds. The van der Waals surface area contributed by atoms with Crippen molar-refractivity contribution in [2.45, 2.75) is 24.0 Å². The summed E-state index contributed by atoms with van der Waals surface area (Å²) < 4.78 is 16.7. The van der Waals surface area contributed by atoms with Gasteiger partial charge in [-0.2, -0.15) is 0 Å². The van der Waals surface area contributed by atoms with Crippen molar-refractivity contribution >= 4 is 22.7 Å². The SMILES string of the molecule is CN(C(=O)CS(=O)c1ccc(C(=O)O)o1)C1CC1. The topological polar surface area (TPSA) is 87.8 Å². The highest BCUT2D eigenvalue weighted by atomic mass is 32.2. The Morgan fingerprint density at radius 2 is 2.17 bits per heavy atom. The molecule has 98 valence electrons. The minimum absolute atomic E-state index is 0.0185. The fourth-order valence-corrected chi connectivity index (χ4v) is 2.48. The van der Waals surface area contributed by atoms with Gasteiger partial charge in [0.25, 0.3) is 0 Å². The summed E-state index contributed by atoms with van der Waals surface area (Å²) in [6, 6.07) is 2.81. The van der Waals surface area contributed by atoms with Crippen LogP contribution in [0.3, 0.4) is 0 Å². The van der Waals surface area contributed by atoms with E-state index in [9.17, 15) is 13.8 Å². The fourth-order valence-electron chi connectivity index (χ4n) is 1.51. The van der Waals surface area contributed by atoms with Gasteiger partial charge in [-0.05, 0) is 25.0 Å². The predicted molar refractivity (Wildman–Crippen MR) is 62.7 cm³/mol. The largest absolute Gasteiger partial charge is 0.475 e. The molecular weight excluding hydrogens is 258 g/mol. The van der Waals surface area contributed by atoms with Gasteiger partial charge in [-0.15, -0.1) is 0 Å². The highest BCUT2D eigenvalue weighted by Crippen LogP contribution is 2.25. The predicted octanol–water partition coefficient (Wildman–Crippen LogP) is 0.706. The maximum absolute atomic E-state index is 11.8. The zero-order valence-electron chi connectivity index (χ0n) is 9.79. The monoisotopic (exact) mass is 271 g/mol. The zero-order valence-corrected chi connectivity index (χ0v) is 10.6. The maximum Gasteiger partial charge on any atom is 0.371 e. The van der Waals surface area contributed by atoms with E-state index in [4.69, 9.17) is 9.52 Å². The normalized spacial score (nSPS) is 16.3. The number of rotatable bonds is 5. The highest BCUT2D eigenvalue weighted by Gasteiger charge is 2.30. The molecule has 0 aromatic carbocycles. The Morgan fingerprint density at radius 3 is 2.67 bits per heavy atom. The molecule has 0 radical (unpaired) electrons. The van der Waals surface area contributed by atoms with Gasteiger partial charge in [0, 0.05) is 13.1 Å². The van der Waals surface area contributed by atoms with Crippen LogP contribution in [0.4, 0.5) is 0 Å². The molecule has 18 heavy (non-hydrogen) atoms. The van der Waals surface area contributed by atoms with Crippen LogP contribution < -0.4 is 0 Å². The second kappa shape index (κ2) is 4.93. The van der Waals surface area contributed by atoms with E-state index in [1.165, 1.54) is 12.1 Å². The fraction of sp³-hybridized carbons (Fsp3) is 0.455. The number of hydrogen-bond acceptors (Lipinski definition) is 4. The van der Waals surface area contributed by atoms with Crippen LogP contribution in [0.15, 0.2) is 21.6 Å². The number of furan rings is 1. The molecule has 1 saturated carbocycles. The standard InChI is InChI=1S/C11H13NO5S/c1-12(7-2-3-7)9(13)6-18(16)10-5-4-8(17-10)11(14)15/h4-5,7H,2-3,6H2,1H3,(H,14,15). The Kier molecular flexibility index (Phi) is 3.51. The molecule has 1 heterocycles. The number of nitrogens with zero attached hydrogens (tertiary/aromatic N) is 1. The quantitative estimate of drug-likeness (QED) is 0.852. The molecule has 6 nitrogen and oxygen atoms in total. The average molecular weight is 271 g/mol. The van der Waals surface area contributed by atoms with Crippen LogP contribution >= 0.6 is 0 Å². The summed E-state index contributed by atoms with van der Waals surface area (Å²) in [5.74, 6) is -1.90. The maximum atomic E-state index is 11.8. The molecule has 1 fully saturated rings. The van der Waals surface area contributed by atoms with Crippen LogP contribution in [0.5, 0.6) is 0 Å². The van der Waals surface area contributed by atoms with Gasteiger partial charge in [0.05, 0.1) is 10.8 Å². The summed E-state index contributed by atoms with van der Waals surface area (Å²) in [4.78, 5) is 23.9. The van der Waals surface area contributed by atoms with Crippen molar-refractivity contribution in [1.29, 1.82) is 0 Å². The number of aromatic carboxylic acids is 1. The van der Waals surface area contributed by atoms with Gasteiger partial charge < -0.3 is 14.4 Å². The molecule has 0 aliphatic heterocycles. The molecule has 1 aliphatic carbocycles. The van der Waals surface area contributed by atoms with E-state index >= 15 is 0 Å². The molecule has 1 unspecified atom stereocenters. The summed E-state index contributed by atoms with van der Waals surface area (Å²) in [5.41, 5.74) is 0. The van der Waals surface area contributed by atoms with Crippen molar-refractivity contribution in [2.24, 2.45) is 0 Å². The van der Waals surface area contributed by atoms with Gasteiger partial charge in [-0.3, -0.25) is 9.00 Å². The van der Waals surface area contributed by atoms with Crippen LogP contribution in [-0.4, -0.2) is 44.9 Å². The second-order valence-corrected chi connectivity index (χ2v) is 5.53. The van der Waals surface area contributed by atoms with Crippen molar-refractivity contribution in [3.05, 3.63) is 17.9 Å². The third kappa shape index (κ3) is 2.79. The Labute approximate surface area is 106 Å². The van der Waals surface area contributed by atoms with Gasteiger partial charge in [0.2, 0.25) is 11.7 Å². The molecule has 1 aromatic rings. The lowest BCUT2D eigenvalue weighted by Gasteiger charge is -2.15. The van der Waals surface area contributed by atoms with Crippen molar-refractivity contribution in [3.63, 3.8) is 0 Å². The Balaban J connectivity index is 1.98. The highest BCUT2D eigenvalue weighted by molar-refractivity contribution is 7.85. The van der Waals surface area contributed by atoms with Crippen LogP contribution in [-0.2, 0) is 15.6 Å². The van der Waals surface area contributed by atoms with Crippen LogP contribution in [0.2, 0.25) is 0 Å². The molecule has 0 saturated heterocycles. The first-order chi connectivity index (χ1) is 8.49. The molecule has 1 atom stereocenters. The lowest BCUT2D eigenvalue weighted by molar-refractivity contribution is -0.127. The molecule has 1 N–H and O–H groups in total. The first-order valence-corrected chi connectivity index (χ1v) is 6.78. The molecular formula is C11H13NO5S. The number of amides is 1. The van der Waals surface area contributed by atoms with Crippen LogP contribution in [0.1, 0.15) is 23.4 Å². The summed E-state index contributed by atoms with van der Waals surface area (Å²) in [6.45, 7) is 0. The van der Waals surface area contributed by atoms with Crippen molar-refractivity contribution in [2.75, 3.05) is 12.8 Å². The molecule has 0 bridgehead atoms. The Bertz CT molecular complexity index is 505. The van der Waals surface area contributed by atoms with Crippen LogP contribution in [0.25, 0.3) is 0 Å². The summed E-state index contributed by atoms with van der Waals surface area (Å²) in [5, 5.41) is 8.68. The van der Waals surface area contributed by atoms with Crippen LogP contribution in [0, 0.1) is 0 Å². The van der Waals surface area contributed by atoms with Crippen molar-refractivity contribution < 1.29 is 23.3 Å². The van der Waals surface area contributed by atoms with Crippen molar-refractivity contribution in [1.82, 2.24) is 4.90 Å². The van der Waals surface area contributed by atoms with Gasteiger partial charge >= 0.3 is 5.97 Å². The molecule has 2 rings (SSSR count). The number of carboxylic acid groups (broad SMARTS) is 1. The lowest BCUT2D eigenvalue weighted by atomic mass is 10.5. The third-order valence-electron chi connectivity index (χ3n) is 2.76. The van der Waals surface area contributed by atoms with E-state index in [-0.39, 0.29) is 28.6 Å². The third-order valence-corrected chi connectivity index (χ3v) is 3.94. The van der Waals surface area contributed by atoms with E-state index in [0.717, 1.165) is 12.8 Å². The zero-order chi connectivity index (χ0) is 13.3. The van der Waals surface area contributed by atoms with E-state index in [2.05, 4.69) is 0 Å². The first kappa shape index (κ1) is 12.8. The van der Waals surface area contributed by atoms with Crippen molar-refractivity contribution in [3.8, 4) is 0 Å². The number of carbonyl (C=O) groups is 2. The van der Waals surface area contributed by atoms with E-state index in [0.29, 0.717) is 0 Å². The molecule has 1 aliphatic rings. The number of hydrogen-bond donors (Lipinski definition) is 1. The minimum atomic E-state index is -1.64. The lowest BCUT2D eigenvalue weighted by Crippen LogP contribution is -2.32. The Hall–Kier alpha value is -1.63. The van der Waals surface area contributed by atoms with E-state index in [1.807, 2.05) is 0 Å². The Morgan fingerprint density at radius 1 is 1.50 bits per heavy atom. The smallest absolute Gasteiger partial charge is 0.371 e. The molecule has 0 spiro atoms. The summed E-state index contributed by atoms with van der Waals surface area (Å²) >= 11 is 0. The summed E-state index contributed by atoms with van der Waals surface area (Å²) in [7, 11) is 0.0428. The van der Waals surface area contributed by atoms with E-state index < -0.39 is 16.8 Å². The van der Waals surface area contributed by atoms with Gasteiger partial charge in [0.15, 0.2) is 5.09 Å². The second-order valence-electron chi connectivity index (χ2n) is 4.15. The minimum Gasteiger partial charge on any atom is -0.475 e. The van der Waals surface area contributed by atoms with Gasteiger partial charge in [-0.25, -0.2) is 4.79 Å². The first-order valence-electron chi connectivity index (χ1n) is 5.46. The van der Waals surface area contributed by atoms with Gasteiger partial charge in [-0.1, -0.05) is 0 Å². The summed E-state index contributed by atoms with van der Waals surface area (Å²) in [6.07, 6.45) is 1.97. The average Bonchev–Trinajstić information content (AvgIpc) is 3.04. The van der Waals surface area contributed by atoms with E-state index in [1.54, 1.807) is 11.9 Å². The number of carbonyl (C=O) groups excluding carboxylic acids is 1. The number of carboxylic acids is 1.